The van der Waals surface area contributed by atoms with Crippen LogP contribution < -0.4 is 4.72 Å². The molecule has 5 rings (SSSR count). The number of fused-ring (bicyclic) bond motifs is 1. The molecule has 2 aromatic heterocycles. The molecule has 4 aromatic rings. The molecule has 0 radical (unpaired) electrons. The van der Waals surface area contributed by atoms with Gasteiger partial charge in [0.2, 0.25) is 5.78 Å². The van der Waals surface area contributed by atoms with Crippen molar-refractivity contribution >= 4 is 43.8 Å². The van der Waals surface area contributed by atoms with E-state index in [1.165, 1.54) is 12.3 Å². The first-order chi connectivity index (χ1) is 19.1. The van der Waals surface area contributed by atoms with Crippen molar-refractivity contribution in [1.29, 1.82) is 0 Å². The predicted octanol–water partition coefficient (Wildman–Crippen LogP) is 6.43. The monoisotopic (exact) mass is 566 g/mol. The number of carbonyl (C=O) groups is 1. The van der Waals surface area contributed by atoms with Crippen molar-refractivity contribution in [3.05, 3.63) is 95.1 Å². The summed E-state index contributed by atoms with van der Waals surface area (Å²) in [7, 11) is -4.43. The maximum absolute atomic E-state index is 15.5. The number of anilines is 1. The highest BCUT2D eigenvalue weighted by atomic mass is 32.2. The van der Waals surface area contributed by atoms with E-state index in [4.69, 9.17) is 4.99 Å². The molecular weight excluding hydrogens is 541 g/mol. The van der Waals surface area contributed by atoms with Crippen LogP contribution in [0, 0.1) is 17.5 Å². The molecule has 2 aromatic carbocycles. The third kappa shape index (κ3) is 5.29. The first kappa shape index (κ1) is 27.3. The minimum Gasteiger partial charge on any atom is -0.345 e. The van der Waals surface area contributed by atoms with Crippen molar-refractivity contribution in [3.8, 4) is 0 Å². The molecule has 7 nitrogen and oxygen atoms in total. The lowest BCUT2D eigenvalue weighted by atomic mass is 9.97. The third-order valence-electron chi connectivity index (χ3n) is 6.80. The van der Waals surface area contributed by atoms with Gasteiger partial charge in [0.05, 0.1) is 22.2 Å². The molecule has 11 heteroatoms. The topological polar surface area (TPSA) is 104 Å². The number of allylic oxidation sites excluding steroid dienone is 2. The van der Waals surface area contributed by atoms with Crippen LogP contribution in [0.15, 0.2) is 70.8 Å². The van der Waals surface area contributed by atoms with E-state index in [-0.39, 0.29) is 11.6 Å². The molecular formula is C29H25F3N4O3S. The van der Waals surface area contributed by atoms with E-state index in [0.29, 0.717) is 11.0 Å². The van der Waals surface area contributed by atoms with Crippen molar-refractivity contribution in [3.63, 3.8) is 0 Å². The molecule has 0 amide bonds. The molecule has 0 saturated heterocycles. The number of nitrogens with zero attached hydrogens (tertiary/aromatic N) is 2. The average Bonchev–Trinajstić information content (AvgIpc) is 3.25. The highest BCUT2D eigenvalue weighted by molar-refractivity contribution is 7.92. The van der Waals surface area contributed by atoms with Crippen LogP contribution in [-0.2, 0) is 10.0 Å². The maximum Gasteiger partial charge on any atom is 0.262 e. The molecule has 1 aliphatic heterocycles. The Morgan fingerprint density at radius 1 is 1.15 bits per heavy atom. The van der Waals surface area contributed by atoms with Gasteiger partial charge < -0.3 is 4.98 Å². The van der Waals surface area contributed by atoms with Crippen LogP contribution in [0.1, 0.15) is 54.6 Å². The SMILES string of the molecule is CCC1CCC(c2cnc3[nH]cc(C(=O)c4c(F)ccc(NS(=O)(=O)c5cccc(F)c5)c4F)c3c2)=CC(C)=N1. The summed E-state index contributed by atoms with van der Waals surface area (Å²) in [4.78, 5) is 25.0. The van der Waals surface area contributed by atoms with E-state index in [9.17, 15) is 22.0 Å². The Labute approximate surface area is 228 Å². The van der Waals surface area contributed by atoms with Crippen LogP contribution in [0.4, 0.5) is 18.9 Å². The van der Waals surface area contributed by atoms with E-state index in [2.05, 4.69) is 16.9 Å². The summed E-state index contributed by atoms with van der Waals surface area (Å²) in [6.07, 6.45) is 7.47. The average molecular weight is 567 g/mol. The highest BCUT2D eigenvalue weighted by Crippen LogP contribution is 2.31. The fourth-order valence-corrected chi connectivity index (χ4v) is 5.83. The smallest absolute Gasteiger partial charge is 0.262 e. The Morgan fingerprint density at radius 3 is 2.70 bits per heavy atom. The molecule has 40 heavy (non-hydrogen) atoms. The van der Waals surface area contributed by atoms with Gasteiger partial charge in [-0.05, 0) is 79.8 Å². The lowest BCUT2D eigenvalue weighted by Gasteiger charge is -2.12. The van der Waals surface area contributed by atoms with Crippen LogP contribution in [0.3, 0.4) is 0 Å². The van der Waals surface area contributed by atoms with E-state index in [1.807, 2.05) is 17.7 Å². The zero-order chi connectivity index (χ0) is 28.6. The number of benzene rings is 2. The molecule has 206 valence electrons. The summed E-state index contributed by atoms with van der Waals surface area (Å²) in [5.74, 6) is -4.37. The van der Waals surface area contributed by atoms with E-state index < -0.39 is 49.4 Å². The number of aliphatic imine (C=N–C) groups is 1. The number of aromatic nitrogens is 2. The second-order valence-corrected chi connectivity index (χ2v) is 11.2. The number of rotatable bonds is 7. The van der Waals surface area contributed by atoms with Gasteiger partial charge in [-0.25, -0.2) is 26.6 Å². The van der Waals surface area contributed by atoms with Crippen LogP contribution in [0.25, 0.3) is 16.6 Å². The molecule has 3 heterocycles. The number of hydrogen-bond acceptors (Lipinski definition) is 5. The second kappa shape index (κ2) is 10.7. The van der Waals surface area contributed by atoms with Crippen LogP contribution in [0.5, 0.6) is 0 Å². The van der Waals surface area contributed by atoms with Crippen molar-refractivity contribution in [1.82, 2.24) is 9.97 Å². The number of nitrogens with one attached hydrogen (secondary N) is 2. The van der Waals surface area contributed by atoms with Gasteiger partial charge in [-0.15, -0.1) is 0 Å². The van der Waals surface area contributed by atoms with E-state index >= 15 is 4.39 Å². The van der Waals surface area contributed by atoms with Gasteiger partial charge in [-0.1, -0.05) is 13.0 Å². The van der Waals surface area contributed by atoms with Crippen molar-refractivity contribution in [2.75, 3.05) is 4.72 Å². The Hall–Kier alpha value is -4.25. The molecule has 1 unspecified atom stereocenters. The molecule has 0 fully saturated rings. The van der Waals surface area contributed by atoms with Gasteiger partial charge in [0, 0.05) is 29.1 Å². The first-order valence-corrected chi connectivity index (χ1v) is 14.1. The van der Waals surface area contributed by atoms with E-state index in [1.54, 1.807) is 12.3 Å². The fourth-order valence-electron chi connectivity index (χ4n) is 4.74. The van der Waals surface area contributed by atoms with Crippen LogP contribution >= 0.6 is 0 Å². The summed E-state index contributed by atoms with van der Waals surface area (Å²) >= 11 is 0. The molecule has 0 saturated carbocycles. The molecule has 0 aliphatic carbocycles. The van der Waals surface area contributed by atoms with Gasteiger partial charge >= 0.3 is 0 Å². The highest BCUT2D eigenvalue weighted by Gasteiger charge is 2.27. The number of H-pyrrole nitrogens is 1. The lowest BCUT2D eigenvalue weighted by molar-refractivity contribution is 0.103. The fraction of sp³-hybridized carbons (Fsp3) is 0.207. The van der Waals surface area contributed by atoms with Crippen molar-refractivity contribution in [2.45, 2.75) is 44.0 Å². The standard InChI is InChI=1S/C29H25F3N4O3S/c1-3-20-8-7-17(11-16(2)35-20)18-12-22-23(15-34-29(22)33-14-18)28(37)26-24(31)9-10-25(27(26)32)36-40(38,39)21-6-4-5-19(30)13-21/h4-6,9-15,20,36H,3,7-8H2,1-2H3,(H,33,34). The number of carbonyl (C=O) groups excluding carboxylic acids is 1. The number of ketones is 1. The summed E-state index contributed by atoms with van der Waals surface area (Å²) < 4.78 is 71.3. The second-order valence-electron chi connectivity index (χ2n) is 9.54. The largest absolute Gasteiger partial charge is 0.345 e. The number of halogens is 3. The van der Waals surface area contributed by atoms with Crippen molar-refractivity contribution in [2.24, 2.45) is 4.99 Å². The molecule has 2 N–H and O–H groups in total. The lowest BCUT2D eigenvalue weighted by Crippen LogP contribution is -2.16. The van der Waals surface area contributed by atoms with Gasteiger partial charge in [0.1, 0.15) is 17.3 Å². The predicted molar refractivity (Wildman–Crippen MR) is 147 cm³/mol. The minimum atomic E-state index is -4.43. The number of sulfonamides is 1. The van der Waals surface area contributed by atoms with E-state index in [0.717, 1.165) is 66.4 Å². The van der Waals surface area contributed by atoms with Gasteiger partial charge in [0.15, 0.2) is 5.82 Å². The third-order valence-corrected chi connectivity index (χ3v) is 8.17. The Kier molecular flexibility index (Phi) is 7.33. The summed E-state index contributed by atoms with van der Waals surface area (Å²) in [6.45, 7) is 4.00. The molecule has 0 bridgehead atoms. The van der Waals surface area contributed by atoms with Gasteiger partial charge in [-0.3, -0.25) is 14.5 Å². The first-order valence-electron chi connectivity index (χ1n) is 12.6. The number of aromatic amines is 1. The quantitative estimate of drug-likeness (QED) is 0.252. The van der Waals surface area contributed by atoms with Crippen LogP contribution in [0.2, 0.25) is 0 Å². The number of pyridine rings is 1. The normalized spacial score (nSPS) is 15.9. The van der Waals surface area contributed by atoms with Gasteiger partial charge in [-0.2, -0.15) is 0 Å². The Morgan fingerprint density at radius 2 is 1.95 bits per heavy atom. The summed E-state index contributed by atoms with van der Waals surface area (Å²) in [5, 5.41) is 0.360. The Balaban J connectivity index is 1.51. The minimum absolute atomic E-state index is 0.0293. The van der Waals surface area contributed by atoms with Crippen molar-refractivity contribution < 1.29 is 26.4 Å². The molecule has 1 aliphatic rings. The zero-order valence-corrected chi connectivity index (χ0v) is 22.4. The zero-order valence-electron chi connectivity index (χ0n) is 21.6. The van der Waals surface area contributed by atoms with Gasteiger partial charge in [0.25, 0.3) is 10.0 Å². The van der Waals surface area contributed by atoms with Crippen LogP contribution in [-0.4, -0.2) is 35.9 Å². The summed E-state index contributed by atoms with van der Waals surface area (Å²) in [5.41, 5.74) is 1.35. The molecule has 0 spiro atoms. The summed E-state index contributed by atoms with van der Waals surface area (Å²) in [6, 6.07) is 7.72. The number of hydrogen-bond donors (Lipinski definition) is 2. The molecule has 1 atom stereocenters. The maximum atomic E-state index is 15.5. The Bertz CT molecular complexity index is 1810.